The van der Waals surface area contributed by atoms with E-state index in [2.05, 4.69) is 45.0 Å². The molecule has 1 aliphatic rings. The van der Waals surface area contributed by atoms with Crippen LogP contribution < -0.4 is 0 Å². The van der Waals surface area contributed by atoms with Crippen molar-refractivity contribution in [3.05, 3.63) is 35.4 Å². The van der Waals surface area contributed by atoms with Gasteiger partial charge in [-0.3, -0.25) is 9.59 Å². The fraction of sp³-hybridized carbons (Fsp3) is 0.600. The molecule has 1 fully saturated rings. The number of nitrogens with zero attached hydrogens (tertiary/aromatic N) is 2. The van der Waals surface area contributed by atoms with Crippen molar-refractivity contribution in [1.29, 1.82) is 0 Å². The van der Waals surface area contributed by atoms with Gasteiger partial charge < -0.3 is 9.80 Å². The van der Waals surface area contributed by atoms with Crippen LogP contribution in [0.3, 0.4) is 0 Å². The maximum absolute atomic E-state index is 12.4. The Balaban J connectivity index is 1.80. The molecule has 0 N–H and O–H groups in total. The number of hydrogen-bond donors (Lipinski definition) is 0. The molecule has 132 valence electrons. The Labute approximate surface area is 145 Å². The first-order valence-corrected chi connectivity index (χ1v) is 8.96. The van der Waals surface area contributed by atoms with Crippen LogP contribution in [0.2, 0.25) is 0 Å². The minimum Gasteiger partial charge on any atom is -0.339 e. The van der Waals surface area contributed by atoms with Crippen LogP contribution in [0.1, 0.15) is 51.7 Å². The molecule has 1 saturated heterocycles. The first-order valence-electron chi connectivity index (χ1n) is 8.96. The zero-order valence-electron chi connectivity index (χ0n) is 15.5. The molecule has 0 radical (unpaired) electrons. The summed E-state index contributed by atoms with van der Waals surface area (Å²) in [6.45, 7) is 11.1. The summed E-state index contributed by atoms with van der Waals surface area (Å²) in [6.07, 6.45) is 1.85. The van der Waals surface area contributed by atoms with Gasteiger partial charge in [-0.2, -0.15) is 0 Å². The predicted molar refractivity (Wildman–Crippen MR) is 96.9 cm³/mol. The lowest BCUT2D eigenvalue weighted by atomic mass is 9.86. The fourth-order valence-electron chi connectivity index (χ4n) is 3.01. The number of amides is 2. The van der Waals surface area contributed by atoms with Gasteiger partial charge in [0.25, 0.3) is 0 Å². The van der Waals surface area contributed by atoms with Crippen LogP contribution in [0.25, 0.3) is 0 Å². The largest absolute Gasteiger partial charge is 0.339 e. The quantitative estimate of drug-likeness (QED) is 0.851. The Morgan fingerprint density at radius 1 is 0.917 bits per heavy atom. The van der Waals surface area contributed by atoms with Gasteiger partial charge in [0, 0.05) is 39.0 Å². The maximum Gasteiger partial charge on any atom is 0.223 e. The Kier molecular flexibility index (Phi) is 6.03. The lowest BCUT2D eigenvalue weighted by Crippen LogP contribution is -2.50. The minimum absolute atomic E-state index is 0.157. The maximum atomic E-state index is 12.4. The van der Waals surface area contributed by atoms with Crippen molar-refractivity contribution in [2.24, 2.45) is 0 Å². The molecule has 0 aliphatic carbocycles. The van der Waals surface area contributed by atoms with Crippen molar-refractivity contribution in [1.82, 2.24) is 9.80 Å². The molecule has 1 aliphatic heterocycles. The van der Waals surface area contributed by atoms with E-state index in [-0.39, 0.29) is 17.2 Å². The molecule has 1 aromatic rings. The van der Waals surface area contributed by atoms with Crippen LogP contribution in [0.4, 0.5) is 0 Å². The molecule has 1 aromatic carbocycles. The van der Waals surface area contributed by atoms with E-state index in [1.807, 2.05) is 16.7 Å². The smallest absolute Gasteiger partial charge is 0.223 e. The van der Waals surface area contributed by atoms with Crippen LogP contribution >= 0.6 is 0 Å². The summed E-state index contributed by atoms with van der Waals surface area (Å²) in [5.41, 5.74) is 2.68. The molecule has 0 spiro atoms. The molecule has 4 nitrogen and oxygen atoms in total. The van der Waals surface area contributed by atoms with Gasteiger partial charge in [0.05, 0.1) is 0 Å². The summed E-state index contributed by atoms with van der Waals surface area (Å²) in [7, 11) is 0. The summed E-state index contributed by atoms with van der Waals surface area (Å²) in [5, 5.41) is 0. The second kappa shape index (κ2) is 7.82. The number of aryl methyl sites for hydroxylation is 1. The van der Waals surface area contributed by atoms with Crippen LogP contribution in [0.15, 0.2) is 24.3 Å². The van der Waals surface area contributed by atoms with E-state index < -0.39 is 0 Å². The third-order valence-corrected chi connectivity index (χ3v) is 4.74. The van der Waals surface area contributed by atoms with Gasteiger partial charge in [-0.15, -0.1) is 0 Å². The third-order valence-electron chi connectivity index (χ3n) is 4.74. The van der Waals surface area contributed by atoms with Crippen molar-refractivity contribution < 1.29 is 9.59 Å². The van der Waals surface area contributed by atoms with Gasteiger partial charge in [-0.05, 0) is 23.0 Å². The highest BCUT2D eigenvalue weighted by Gasteiger charge is 2.23. The highest BCUT2D eigenvalue weighted by atomic mass is 16.2. The third kappa shape index (κ3) is 4.83. The van der Waals surface area contributed by atoms with E-state index in [4.69, 9.17) is 0 Å². The van der Waals surface area contributed by atoms with Crippen LogP contribution in [-0.2, 0) is 21.4 Å². The Morgan fingerprint density at radius 3 is 1.88 bits per heavy atom. The van der Waals surface area contributed by atoms with Gasteiger partial charge in [0.1, 0.15) is 0 Å². The average molecular weight is 330 g/mol. The van der Waals surface area contributed by atoms with Crippen molar-refractivity contribution in [3.63, 3.8) is 0 Å². The normalized spacial score (nSPS) is 15.5. The molecule has 0 saturated carbocycles. The zero-order valence-corrected chi connectivity index (χ0v) is 15.5. The molecular weight excluding hydrogens is 300 g/mol. The summed E-state index contributed by atoms with van der Waals surface area (Å²) in [4.78, 5) is 27.8. The summed E-state index contributed by atoms with van der Waals surface area (Å²) >= 11 is 0. The average Bonchev–Trinajstić information content (AvgIpc) is 2.58. The highest BCUT2D eigenvalue weighted by Crippen LogP contribution is 2.22. The highest BCUT2D eigenvalue weighted by molar-refractivity contribution is 5.78. The lowest BCUT2D eigenvalue weighted by molar-refractivity contribution is -0.139. The topological polar surface area (TPSA) is 40.6 Å². The SMILES string of the molecule is CCC(=O)N1CCN(C(=O)CCc2ccc(C(C)(C)C)cc2)CC1. The van der Waals surface area contributed by atoms with Crippen molar-refractivity contribution in [3.8, 4) is 0 Å². The Bertz CT molecular complexity index is 564. The van der Waals surface area contributed by atoms with Gasteiger partial charge >= 0.3 is 0 Å². The summed E-state index contributed by atoms with van der Waals surface area (Å²) < 4.78 is 0. The van der Waals surface area contributed by atoms with Crippen LogP contribution in [0, 0.1) is 0 Å². The number of carbonyl (C=O) groups excluding carboxylic acids is 2. The van der Waals surface area contributed by atoms with E-state index in [0.717, 1.165) is 6.42 Å². The number of benzene rings is 1. The molecule has 24 heavy (non-hydrogen) atoms. The molecule has 2 rings (SSSR count). The van der Waals surface area contributed by atoms with E-state index in [0.29, 0.717) is 39.0 Å². The fourth-order valence-corrected chi connectivity index (χ4v) is 3.01. The van der Waals surface area contributed by atoms with Crippen LogP contribution in [-0.4, -0.2) is 47.8 Å². The van der Waals surface area contributed by atoms with Gasteiger partial charge in [-0.25, -0.2) is 0 Å². The van der Waals surface area contributed by atoms with Gasteiger partial charge in [-0.1, -0.05) is 52.0 Å². The first kappa shape index (κ1) is 18.5. The van der Waals surface area contributed by atoms with Crippen molar-refractivity contribution >= 4 is 11.8 Å². The molecule has 1 heterocycles. The molecule has 2 amide bonds. The molecule has 0 atom stereocenters. The van der Waals surface area contributed by atoms with Crippen molar-refractivity contribution in [2.45, 2.75) is 52.4 Å². The Morgan fingerprint density at radius 2 is 1.42 bits per heavy atom. The number of hydrogen-bond acceptors (Lipinski definition) is 2. The zero-order chi connectivity index (χ0) is 17.7. The number of rotatable bonds is 4. The molecule has 0 bridgehead atoms. The predicted octanol–water partition coefficient (Wildman–Crippen LogP) is 3.00. The molecular formula is C20H30N2O2. The van der Waals surface area contributed by atoms with Gasteiger partial charge in [0.15, 0.2) is 0 Å². The van der Waals surface area contributed by atoms with E-state index in [1.165, 1.54) is 11.1 Å². The number of piperazine rings is 1. The monoisotopic (exact) mass is 330 g/mol. The van der Waals surface area contributed by atoms with E-state index in [1.54, 1.807) is 0 Å². The first-order chi connectivity index (χ1) is 11.3. The van der Waals surface area contributed by atoms with E-state index in [9.17, 15) is 9.59 Å². The number of carbonyl (C=O) groups is 2. The molecule has 4 heteroatoms. The standard InChI is InChI=1S/C20H30N2O2/c1-5-18(23)21-12-14-22(15-13-21)19(24)11-8-16-6-9-17(10-7-16)20(2,3)4/h6-7,9-10H,5,8,11-15H2,1-4H3. The molecule has 0 aromatic heterocycles. The second-order valence-electron chi connectivity index (χ2n) is 7.56. The minimum atomic E-state index is 0.157. The summed E-state index contributed by atoms with van der Waals surface area (Å²) in [5.74, 6) is 0.375. The Hall–Kier alpha value is -1.84. The lowest BCUT2D eigenvalue weighted by Gasteiger charge is -2.34. The molecule has 0 unspecified atom stereocenters. The second-order valence-corrected chi connectivity index (χ2v) is 7.56. The summed E-state index contributed by atoms with van der Waals surface area (Å²) in [6, 6.07) is 8.58. The van der Waals surface area contributed by atoms with E-state index >= 15 is 0 Å². The van der Waals surface area contributed by atoms with Gasteiger partial charge in [0.2, 0.25) is 11.8 Å². The van der Waals surface area contributed by atoms with Crippen molar-refractivity contribution in [2.75, 3.05) is 26.2 Å². The van der Waals surface area contributed by atoms with Crippen LogP contribution in [0.5, 0.6) is 0 Å².